The highest BCUT2D eigenvalue weighted by molar-refractivity contribution is 6.02. The first kappa shape index (κ1) is 25.7. The van der Waals surface area contributed by atoms with Crippen LogP contribution in [0.1, 0.15) is 64.6 Å². The molecule has 0 aliphatic carbocycles. The number of rotatable bonds is 8. The van der Waals surface area contributed by atoms with E-state index in [0.29, 0.717) is 0 Å². The first-order valence-corrected chi connectivity index (χ1v) is 11.6. The maximum Gasteiger partial charge on any atom is 0.308 e. The number of aromatic amines is 1. The summed E-state index contributed by atoms with van der Waals surface area (Å²) >= 11 is 0. The van der Waals surface area contributed by atoms with E-state index in [1.807, 2.05) is 12.1 Å². The van der Waals surface area contributed by atoms with Crippen LogP contribution in [0.25, 0.3) is 28.1 Å². The van der Waals surface area contributed by atoms with Gasteiger partial charge in [-0.2, -0.15) is 0 Å². The lowest BCUT2D eigenvalue weighted by Gasteiger charge is -2.21. The van der Waals surface area contributed by atoms with Crippen molar-refractivity contribution < 1.29 is 24.1 Å². The fourth-order valence-electron chi connectivity index (χ4n) is 4.04. The molecule has 0 unspecified atom stereocenters. The minimum absolute atomic E-state index is 0.000896. The summed E-state index contributed by atoms with van der Waals surface area (Å²) in [4.78, 5) is 15.3. The normalized spacial score (nSPS) is 14.1. The number of aliphatic hydroxyl groups is 2. The molecule has 3 aromatic rings. The lowest BCUT2D eigenvalue weighted by Crippen LogP contribution is -2.27. The van der Waals surface area contributed by atoms with Crippen LogP contribution in [0.5, 0.6) is 0 Å². The molecule has 0 spiro atoms. The Morgan fingerprint density at radius 1 is 1.12 bits per heavy atom. The SMILES string of the molecule is CC(C)c1cccc2[nH]c(/C=C/[C@H](O)C[C@@H](O)CC(=O)OC(C)(C)C)c(-c3ccc(F)cc3)c12. The van der Waals surface area contributed by atoms with Gasteiger partial charge in [-0.05, 0) is 62.1 Å². The second kappa shape index (κ2) is 10.5. The molecule has 2 aromatic carbocycles. The minimum atomic E-state index is -1.03. The molecule has 0 amide bonds. The standard InChI is InChI=1S/C28H34FNO4/c1-17(2)22-7-6-8-23-27(22)26(18-9-11-19(29)12-10-18)24(30-23)14-13-20(31)15-21(32)16-25(33)34-28(3,4)5/h6-14,17,20-21,30-32H,15-16H2,1-5H3/b14-13+/t20-,21+/m0/s1. The van der Waals surface area contributed by atoms with Crippen molar-refractivity contribution in [2.24, 2.45) is 0 Å². The van der Waals surface area contributed by atoms with Crippen LogP contribution in [0.3, 0.4) is 0 Å². The summed E-state index contributed by atoms with van der Waals surface area (Å²) in [5.74, 6) is -0.533. The number of carbonyl (C=O) groups is 1. The molecule has 2 atom stereocenters. The van der Waals surface area contributed by atoms with Gasteiger partial charge >= 0.3 is 5.97 Å². The van der Waals surface area contributed by atoms with Crippen LogP contribution in [0.4, 0.5) is 4.39 Å². The highest BCUT2D eigenvalue weighted by Crippen LogP contribution is 2.38. The molecule has 3 N–H and O–H groups in total. The van der Waals surface area contributed by atoms with E-state index in [-0.39, 0.29) is 24.6 Å². The van der Waals surface area contributed by atoms with Gasteiger partial charge in [0.15, 0.2) is 0 Å². The number of esters is 1. The molecule has 0 radical (unpaired) electrons. The number of benzene rings is 2. The Hall–Kier alpha value is -2.96. The molecule has 182 valence electrons. The summed E-state index contributed by atoms with van der Waals surface area (Å²) in [7, 11) is 0. The molecule has 1 heterocycles. The lowest BCUT2D eigenvalue weighted by molar-refractivity contribution is -0.157. The number of carbonyl (C=O) groups excluding carboxylic acids is 1. The topological polar surface area (TPSA) is 82.5 Å². The lowest BCUT2D eigenvalue weighted by atomic mass is 9.93. The fourth-order valence-corrected chi connectivity index (χ4v) is 4.04. The third-order valence-corrected chi connectivity index (χ3v) is 5.46. The van der Waals surface area contributed by atoms with Crippen molar-refractivity contribution in [2.75, 3.05) is 0 Å². The average molecular weight is 468 g/mol. The van der Waals surface area contributed by atoms with Crippen LogP contribution in [0, 0.1) is 5.82 Å². The van der Waals surface area contributed by atoms with E-state index >= 15 is 0 Å². The van der Waals surface area contributed by atoms with Gasteiger partial charge in [-0.25, -0.2) is 4.39 Å². The molecule has 3 rings (SSSR count). The Kier molecular flexibility index (Phi) is 7.95. The monoisotopic (exact) mass is 467 g/mol. The summed E-state index contributed by atoms with van der Waals surface area (Å²) in [6.07, 6.45) is 1.18. The number of H-pyrrole nitrogens is 1. The van der Waals surface area contributed by atoms with Gasteiger partial charge in [-0.3, -0.25) is 4.79 Å². The zero-order valence-corrected chi connectivity index (χ0v) is 20.4. The molecule has 0 aliphatic rings. The van der Waals surface area contributed by atoms with Crippen LogP contribution in [-0.2, 0) is 9.53 Å². The van der Waals surface area contributed by atoms with Crippen molar-refractivity contribution in [3.05, 3.63) is 65.6 Å². The van der Waals surface area contributed by atoms with E-state index in [2.05, 4.69) is 24.9 Å². The van der Waals surface area contributed by atoms with Crippen molar-refractivity contribution in [3.8, 4) is 11.1 Å². The molecule has 1 aromatic heterocycles. The second-order valence-electron chi connectivity index (χ2n) is 9.95. The zero-order valence-electron chi connectivity index (χ0n) is 20.4. The van der Waals surface area contributed by atoms with Crippen molar-refractivity contribution in [3.63, 3.8) is 0 Å². The Morgan fingerprint density at radius 3 is 2.41 bits per heavy atom. The van der Waals surface area contributed by atoms with Gasteiger partial charge in [-0.1, -0.05) is 44.2 Å². The van der Waals surface area contributed by atoms with Gasteiger partial charge < -0.3 is 19.9 Å². The summed E-state index contributed by atoms with van der Waals surface area (Å²) in [5, 5.41) is 21.8. The molecule has 34 heavy (non-hydrogen) atoms. The Labute approximate surface area is 200 Å². The molecular weight excluding hydrogens is 433 g/mol. The van der Waals surface area contributed by atoms with Crippen LogP contribution < -0.4 is 0 Å². The smallest absolute Gasteiger partial charge is 0.308 e. The molecule has 0 saturated carbocycles. The van der Waals surface area contributed by atoms with Gasteiger partial charge in [0.25, 0.3) is 0 Å². The maximum absolute atomic E-state index is 13.6. The Balaban J connectivity index is 1.88. The van der Waals surface area contributed by atoms with E-state index in [0.717, 1.165) is 27.7 Å². The Morgan fingerprint density at radius 2 is 1.79 bits per heavy atom. The maximum atomic E-state index is 13.6. The molecule has 6 heteroatoms. The molecule has 0 bridgehead atoms. The van der Waals surface area contributed by atoms with Crippen LogP contribution >= 0.6 is 0 Å². The van der Waals surface area contributed by atoms with Crippen molar-refractivity contribution in [2.45, 2.75) is 71.2 Å². The number of aliphatic hydroxyl groups excluding tert-OH is 2. The summed E-state index contributed by atoms with van der Waals surface area (Å²) < 4.78 is 18.8. The van der Waals surface area contributed by atoms with Gasteiger partial charge in [0, 0.05) is 28.6 Å². The van der Waals surface area contributed by atoms with E-state index in [4.69, 9.17) is 4.74 Å². The molecule has 0 fully saturated rings. The van der Waals surface area contributed by atoms with Crippen molar-refractivity contribution in [1.29, 1.82) is 0 Å². The average Bonchev–Trinajstić information content (AvgIpc) is 3.09. The van der Waals surface area contributed by atoms with Crippen LogP contribution in [0.2, 0.25) is 0 Å². The summed E-state index contributed by atoms with van der Waals surface area (Å²) in [6.45, 7) is 9.54. The van der Waals surface area contributed by atoms with Gasteiger partial charge in [0.05, 0.1) is 18.6 Å². The minimum Gasteiger partial charge on any atom is -0.460 e. The van der Waals surface area contributed by atoms with Crippen molar-refractivity contribution >= 4 is 22.9 Å². The summed E-state index contributed by atoms with van der Waals surface area (Å²) in [5.41, 5.74) is 4.05. The van der Waals surface area contributed by atoms with Crippen LogP contribution in [0.15, 0.2) is 48.5 Å². The van der Waals surface area contributed by atoms with E-state index in [1.165, 1.54) is 17.7 Å². The highest BCUT2D eigenvalue weighted by Gasteiger charge is 2.21. The number of hydrogen-bond acceptors (Lipinski definition) is 4. The van der Waals surface area contributed by atoms with Gasteiger partial charge in [-0.15, -0.1) is 0 Å². The third kappa shape index (κ3) is 6.55. The number of nitrogens with one attached hydrogen (secondary N) is 1. The van der Waals surface area contributed by atoms with Gasteiger partial charge in [0.2, 0.25) is 0 Å². The number of ether oxygens (including phenoxy) is 1. The first-order chi connectivity index (χ1) is 15.9. The van der Waals surface area contributed by atoms with E-state index in [1.54, 1.807) is 45.1 Å². The van der Waals surface area contributed by atoms with E-state index < -0.39 is 23.8 Å². The molecular formula is C28H34FNO4. The predicted octanol–water partition coefficient (Wildman–Crippen LogP) is 5.95. The highest BCUT2D eigenvalue weighted by atomic mass is 19.1. The van der Waals surface area contributed by atoms with Crippen LogP contribution in [-0.4, -0.2) is 39.0 Å². The predicted molar refractivity (Wildman–Crippen MR) is 134 cm³/mol. The third-order valence-electron chi connectivity index (χ3n) is 5.46. The van der Waals surface area contributed by atoms with Crippen molar-refractivity contribution in [1.82, 2.24) is 4.98 Å². The number of halogens is 1. The quantitative estimate of drug-likeness (QED) is 0.357. The molecule has 5 nitrogen and oxygen atoms in total. The molecule has 0 aliphatic heterocycles. The Bertz CT molecular complexity index is 1160. The zero-order chi connectivity index (χ0) is 25.0. The second-order valence-corrected chi connectivity index (χ2v) is 9.95. The summed E-state index contributed by atoms with van der Waals surface area (Å²) in [6, 6.07) is 12.4. The number of hydrogen-bond donors (Lipinski definition) is 3. The first-order valence-electron chi connectivity index (χ1n) is 11.6. The fraction of sp³-hybridized carbons (Fsp3) is 0.393. The molecule has 0 saturated heterocycles. The number of aromatic nitrogens is 1. The van der Waals surface area contributed by atoms with E-state index in [9.17, 15) is 19.4 Å². The number of fused-ring (bicyclic) bond motifs is 1. The van der Waals surface area contributed by atoms with Gasteiger partial charge in [0.1, 0.15) is 11.4 Å². The largest absolute Gasteiger partial charge is 0.460 e.